The predicted octanol–water partition coefficient (Wildman–Crippen LogP) is 4.59. The molecule has 0 fully saturated rings. The number of nitrogens with zero attached hydrogens (tertiary/aromatic N) is 3. The van der Waals surface area contributed by atoms with E-state index in [1.807, 2.05) is 43.3 Å². The minimum Gasteiger partial charge on any atom is -0.493 e. The Kier molecular flexibility index (Phi) is 5.63. The zero-order chi connectivity index (χ0) is 23.1. The Hall–Kier alpha value is -3.24. The first-order valence-electron chi connectivity index (χ1n) is 10.2. The lowest BCUT2D eigenvalue weighted by Crippen LogP contribution is -2.15. The number of aryl methyl sites for hydroxylation is 1. The lowest BCUT2D eigenvalue weighted by molar-refractivity contribution is -0.113. The zero-order valence-electron chi connectivity index (χ0n) is 18.5. The van der Waals surface area contributed by atoms with Crippen molar-refractivity contribution in [1.82, 2.24) is 14.8 Å². The summed E-state index contributed by atoms with van der Waals surface area (Å²) in [5.41, 5.74) is 3.49. The molecule has 0 radical (unpaired) electrons. The fourth-order valence-electron chi connectivity index (χ4n) is 4.05. The molecule has 1 aliphatic rings. The van der Waals surface area contributed by atoms with Gasteiger partial charge >= 0.3 is 0 Å². The van der Waals surface area contributed by atoms with E-state index in [2.05, 4.69) is 5.32 Å². The monoisotopic (exact) mass is 482 g/mol. The van der Waals surface area contributed by atoms with Crippen LogP contribution in [0.2, 0.25) is 0 Å². The number of amides is 1. The largest absolute Gasteiger partial charge is 0.493 e. The summed E-state index contributed by atoms with van der Waals surface area (Å²) in [6.45, 7) is 1.95. The van der Waals surface area contributed by atoms with E-state index in [9.17, 15) is 4.79 Å². The molecule has 0 unspecified atom stereocenters. The number of rotatable bonds is 5. The van der Waals surface area contributed by atoms with E-state index in [1.54, 1.807) is 26.0 Å². The summed E-state index contributed by atoms with van der Waals surface area (Å²) in [5.74, 6) is 2.49. The van der Waals surface area contributed by atoms with Crippen molar-refractivity contribution in [2.24, 2.45) is 0 Å². The van der Waals surface area contributed by atoms with Crippen molar-refractivity contribution in [3.63, 3.8) is 0 Å². The number of methoxy groups -OCH3 is 3. The van der Waals surface area contributed by atoms with Crippen LogP contribution in [-0.4, -0.2) is 47.8 Å². The van der Waals surface area contributed by atoms with Crippen LogP contribution < -0.4 is 19.5 Å². The molecule has 0 aliphatic carbocycles. The molecule has 1 N–H and O–H groups in total. The van der Waals surface area contributed by atoms with Gasteiger partial charge in [-0.3, -0.25) is 4.79 Å². The summed E-state index contributed by atoms with van der Waals surface area (Å²) in [6, 6.07) is 11.7. The number of carbonyl (C=O) groups excluding carboxylic acids is 1. The molecule has 1 amide bonds. The molecule has 10 heteroatoms. The second-order valence-corrected chi connectivity index (χ2v) is 9.49. The van der Waals surface area contributed by atoms with Crippen molar-refractivity contribution in [1.29, 1.82) is 0 Å². The van der Waals surface area contributed by atoms with Crippen molar-refractivity contribution in [2.45, 2.75) is 12.2 Å². The molecular weight excluding hydrogens is 460 g/mol. The van der Waals surface area contributed by atoms with E-state index in [1.165, 1.54) is 23.1 Å². The fourth-order valence-corrected chi connectivity index (χ4v) is 6.18. The highest BCUT2D eigenvalue weighted by Crippen LogP contribution is 2.51. The van der Waals surface area contributed by atoms with E-state index in [-0.39, 0.29) is 16.9 Å². The molecule has 8 nitrogen and oxygen atoms in total. The molecule has 0 saturated carbocycles. The number of benzene rings is 2. The van der Waals surface area contributed by atoms with E-state index < -0.39 is 0 Å². The number of para-hydroxylation sites is 1. The number of ether oxygens (including phenoxy) is 3. The van der Waals surface area contributed by atoms with Gasteiger partial charge in [0, 0.05) is 11.1 Å². The molecule has 33 heavy (non-hydrogen) atoms. The smallest absolute Gasteiger partial charge is 0.235 e. The van der Waals surface area contributed by atoms with Crippen LogP contribution in [0.3, 0.4) is 0 Å². The first kappa shape index (κ1) is 21.6. The van der Waals surface area contributed by atoms with Gasteiger partial charge in [0.1, 0.15) is 5.82 Å². The molecule has 0 spiro atoms. The Labute approximate surface area is 198 Å². The standard InChI is InChI=1S/C23H22N4O4S2/c1-12-18-21(13-9-10-15(29-2)20(31-4)19(13)30-3)32-11-17(28)25-22(18)27(26-12)23-24-14-7-5-6-8-16(14)33-23/h5-10,21H,11H2,1-4H3,(H,25,28)/t21-/m0/s1. The topological polar surface area (TPSA) is 87.5 Å². The number of thioether (sulfide) groups is 1. The molecule has 2 aromatic heterocycles. The van der Waals surface area contributed by atoms with Crippen LogP contribution in [0.25, 0.3) is 15.3 Å². The normalized spacial score (nSPS) is 15.6. The van der Waals surface area contributed by atoms with Crippen LogP contribution in [-0.2, 0) is 4.79 Å². The minimum atomic E-state index is -0.211. The summed E-state index contributed by atoms with van der Waals surface area (Å²) in [7, 11) is 4.77. The van der Waals surface area contributed by atoms with Crippen LogP contribution in [0.1, 0.15) is 22.1 Å². The van der Waals surface area contributed by atoms with Gasteiger partial charge in [0.2, 0.25) is 16.8 Å². The molecular formula is C23H22N4O4S2. The van der Waals surface area contributed by atoms with Crippen molar-refractivity contribution in [3.8, 4) is 22.4 Å². The molecule has 170 valence electrons. The minimum absolute atomic E-state index is 0.0922. The van der Waals surface area contributed by atoms with Gasteiger partial charge in [-0.15, -0.1) is 11.8 Å². The number of fused-ring (bicyclic) bond motifs is 2. The first-order chi connectivity index (χ1) is 16.0. The van der Waals surface area contributed by atoms with Crippen molar-refractivity contribution >= 4 is 45.0 Å². The summed E-state index contributed by atoms with van der Waals surface area (Å²) in [6.07, 6.45) is 0. The molecule has 0 saturated heterocycles. The van der Waals surface area contributed by atoms with E-state index in [0.29, 0.717) is 28.2 Å². The predicted molar refractivity (Wildman–Crippen MR) is 131 cm³/mol. The lowest BCUT2D eigenvalue weighted by atomic mass is 10.0. The van der Waals surface area contributed by atoms with Gasteiger partial charge in [0.15, 0.2) is 11.5 Å². The molecule has 1 aliphatic heterocycles. The van der Waals surface area contributed by atoms with Gasteiger partial charge in [-0.05, 0) is 31.2 Å². The number of nitrogens with one attached hydrogen (secondary N) is 1. The lowest BCUT2D eigenvalue weighted by Gasteiger charge is -2.21. The number of hydrogen-bond acceptors (Lipinski definition) is 8. The Bertz CT molecular complexity index is 1330. The Morgan fingerprint density at radius 1 is 1.06 bits per heavy atom. The fraction of sp³-hybridized carbons (Fsp3) is 0.261. The van der Waals surface area contributed by atoms with Gasteiger partial charge in [-0.1, -0.05) is 23.5 Å². The number of hydrogen-bond donors (Lipinski definition) is 1. The summed E-state index contributed by atoms with van der Waals surface area (Å²) < 4.78 is 19.6. The molecule has 1 atom stereocenters. The van der Waals surface area contributed by atoms with Gasteiger partial charge in [-0.25, -0.2) is 4.98 Å². The Balaban J connectivity index is 1.71. The molecule has 3 heterocycles. The van der Waals surface area contributed by atoms with E-state index in [0.717, 1.165) is 27.0 Å². The number of thiazole rings is 1. The number of aromatic nitrogens is 3. The van der Waals surface area contributed by atoms with Crippen LogP contribution in [0.4, 0.5) is 5.82 Å². The Morgan fingerprint density at radius 2 is 1.85 bits per heavy atom. The van der Waals surface area contributed by atoms with Crippen LogP contribution in [0.5, 0.6) is 17.2 Å². The van der Waals surface area contributed by atoms with Crippen LogP contribution >= 0.6 is 23.1 Å². The van der Waals surface area contributed by atoms with Crippen molar-refractivity contribution < 1.29 is 19.0 Å². The van der Waals surface area contributed by atoms with Crippen LogP contribution in [0, 0.1) is 6.92 Å². The number of carbonyl (C=O) groups is 1. The third-order valence-electron chi connectivity index (χ3n) is 5.49. The van der Waals surface area contributed by atoms with Crippen LogP contribution in [0.15, 0.2) is 36.4 Å². The summed E-state index contributed by atoms with van der Waals surface area (Å²) in [4.78, 5) is 17.4. The number of anilines is 1. The first-order valence-corrected chi connectivity index (χ1v) is 12.1. The van der Waals surface area contributed by atoms with E-state index in [4.69, 9.17) is 24.3 Å². The van der Waals surface area contributed by atoms with Crippen molar-refractivity contribution in [2.75, 3.05) is 32.4 Å². The maximum Gasteiger partial charge on any atom is 0.235 e. The maximum atomic E-state index is 12.7. The highest BCUT2D eigenvalue weighted by atomic mass is 32.2. The molecule has 2 aromatic carbocycles. The second-order valence-electron chi connectivity index (χ2n) is 7.39. The zero-order valence-corrected chi connectivity index (χ0v) is 20.2. The van der Waals surface area contributed by atoms with Gasteiger partial charge in [0.25, 0.3) is 0 Å². The highest BCUT2D eigenvalue weighted by Gasteiger charge is 2.34. The molecule has 4 aromatic rings. The van der Waals surface area contributed by atoms with Crippen molar-refractivity contribution in [3.05, 3.63) is 53.2 Å². The average Bonchev–Trinajstić information content (AvgIpc) is 3.34. The Morgan fingerprint density at radius 3 is 2.58 bits per heavy atom. The van der Waals surface area contributed by atoms with Gasteiger partial charge in [-0.2, -0.15) is 9.78 Å². The molecule has 0 bridgehead atoms. The van der Waals surface area contributed by atoms with Gasteiger partial charge < -0.3 is 19.5 Å². The van der Waals surface area contributed by atoms with Gasteiger partial charge in [0.05, 0.1) is 48.2 Å². The highest BCUT2D eigenvalue weighted by molar-refractivity contribution is 8.00. The average molecular weight is 483 g/mol. The SMILES string of the molecule is COc1ccc([C@@H]2SCC(=O)Nc3c2c(C)nn3-c2nc3ccccc3s2)c(OC)c1OC. The molecule has 5 rings (SSSR count). The van der Waals surface area contributed by atoms with E-state index >= 15 is 0 Å². The second kappa shape index (κ2) is 8.60. The summed E-state index contributed by atoms with van der Waals surface area (Å²) in [5, 5.41) is 8.32. The third-order valence-corrected chi connectivity index (χ3v) is 7.75. The quantitative estimate of drug-likeness (QED) is 0.445. The summed E-state index contributed by atoms with van der Waals surface area (Å²) >= 11 is 3.05. The maximum absolute atomic E-state index is 12.7. The third kappa shape index (κ3) is 3.59.